The first-order valence-corrected chi connectivity index (χ1v) is 14.1. The fourth-order valence-corrected chi connectivity index (χ4v) is 6.51. The number of H-pyrrole nitrogens is 1. The van der Waals surface area contributed by atoms with Gasteiger partial charge in [0.2, 0.25) is 0 Å². The smallest absolute Gasteiger partial charge is 0.295 e. The van der Waals surface area contributed by atoms with Gasteiger partial charge in [0.15, 0.2) is 0 Å². The maximum Gasteiger partial charge on any atom is 0.295 e. The molecule has 4 aliphatic heterocycles. The van der Waals surface area contributed by atoms with Crippen LogP contribution in [0.1, 0.15) is 49.3 Å². The number of ether oxygens (including phenoxy) is 3. The molecule has 1 aromatic carbocycles. The molecule has 0 bridgehead atoms. The molecule has 7 rings (SSSR count). The molecule has 0 aliphatic carbocycles. The highest BCUT2D eigenvalue weighted by molar-refractivity contribution is 5.85. The van der Waals surface area contributed by atoms with E-state index >= 15 is 4.39 Å². The summed E-state index contributed by atoms with van der Waals surface area (Å²) in [5, 5.41) is 7.83. The lowest BCUT2D eigenvalue weighted by Crippen LogP contribution is -2.49. The lowest BCUT2D eigenvalue weighted by atomic mass is 10.0. The lowest BCUT2D eigenvalue weighted by molar-refractivity contribution is 0.00327. The first-order valence-electron chi connectivity index (χ1n) is 14.1. The van der Waals surface area contributed by atoms with Crippen molar-refractivity contribution in [2.24, 2.45) is 0 Å². The van der Waals surface area contributed by atoms with Gasteiger partial charge in [-0.25, -0.2) is 4.39 Å². The van der Waals surface area contributed by atoms with Crippen molar-refractivity contribution in [3.8, 4) is 6.01 Å². The molecule has 0 saturated carbocycles. The van der Waals surface area contributed by atoms with Crippen LogP contribution >= 0.6 is 0 Å². The highest BCUT2D eigenvalue weighted by atomic mass is 19.1. The number of aromatic amines is 1. The number of rotatable bonds is 5. The van der Waals surface area contributed by atoms with Gasteiger partial charge in [-0.05, 0) is 43.9 Å². The number of piperidine rings is 1. The van der Waals surface area contributed by atoms with Crippen molar-refractivity contribution in [1.29, 1.82) is 0 Å². The third-order valence-corrected chi connectivity index (χ3v) is 8.63. The van der Waals surface area contributed by atoms with E-state index in [1.807, 2.05) is 6.07 Å². The van der Waals surface area contributed by atoms with Crippen LogP contribution in [0, 0.1) is 5.82 Å². The Balaban J connectivity index is 1.12. The Bertz CT molecular complexity index is 1290. The summed E-state index contributed by atoms with van der Waals surface area (Å²) in [6.45, 7) is 6.57. The quantitative estimate of drug-likeness (QED) is 0.362. The third-order valence-electron chi connectivity index (χ3n) is 8.63. The molecule has 2 unspecified atom stereocenters. The fourth-order valence-electron chi connectivity index (χ4n) is 6.51. The zero-order chi connectivity index (χ0) is 26.3. The van der Waals surface area contributed by atoms with Crippen LogP contribution in [-0.4, -0.2) is 89.2 Å². The average Bonchev–Trinajstić information content (AvgIpc) is 3.56. The number of morpholine rings is 1. The van der Waals surface area contributed by atoms with Gasteiger partial charge in [0.25, 0.3) is 6.01 Å². The van der Waals surface area contributed by atoms with Crippen molar-refractivity contribution in [3.63, 3.8) is 0 Å². The van der Waals surface area contributed by atoms with Crippen molar-refractivity contribution >= 4 is 16.7 Å². The molecule has 0 radical (unpaired) electrons. The first kappa shape index (κ1) is 25.1. The number of nitrogens with one attached hydrogen (secondary N) is 3. The Labute approximate surface area is 226 Å². The number of nitrogen functional groups attached to an aromatic ring is 1. The summed E-state index contributed by atoms with van der Waals surface area (Å²) >= 11 is 0. The number of benzene rings is 1. The zero-order valence-electron chi connectivity index (χ0n) is 22.1. The summed E-state index contributed by atoms with van der Waals surface area (Å²) in [5.74, 6) is 6.53. The van der Waals surface area contributed by atoms with Crippen molar-refractivity contribution in [2.75, 3.05) is 63.8 Å². The second-order valence-electron chi connectivity index (χ2n) is 10.9. The van der Waals surface area contributed by atoms with Gasteiger partial charge in [0, 0.05) is 62.6 Å². The lowest BCUT2D eigenvalue weighted by Gasteiger charge is -2.40. The van der Waals surface area contributed by atoms with E-state index < -0.39 is 6.17 Å². The van der Waals surface area contributed by atoms with Gasteiger partial charge in [-0.3, -0.25) is 24.8 Å². The van der Waals surface area contributed by atoms with Gasteiger partial charge < -0.3 is 25.4 Å². The van der Waals surface area contributed by atoms with Crippen molar-refractivity contribution in [1.82, 2.24) is 29.8 Å². The number of fused-ring (bicyclic) bond motifs is 2. The van der Waals surface area contributed by atoms with Crippen LogP contribution in [0.3, 0.4) is 0 Å². The van der Waals surface area contributed by atoms with Crippen LogP contribution in [0.25, 0.3) is 10.9 Å². The van der Waals surface area contributed by atoms with E-state index in [1.165, 1.54) is 10.7 Å². The Kier molecular flexibility index (Phi) is 6.81. The van der Waals surface area contributed by atoms with Gasteiger partial charge >= 0.3 is 0 Å². The minimum absolute atomic E-state index is 0.106. The summed E-state index contributed by atoms with van der Waals surface area (Å²) in [5.41, 5.74) is 2.12. The summed E-state index contributed by atoms with van der Waals surface area (Å²) in [6, 6.07) is 6.16. The molecule has 39 heavy (non-hydrogen) atoms. The topological polar surface area (TPSA) is 118 Å². The van der Waals surface area contributed by atoms with Crippen molar-refractivity contribution in [2.45, 2.75) is 50.2 Å². The summed E-state index contributed by atoms with van der Waals surface area (Å²) in [4.78, 5) is 13.1. The van der Waals surface area contributed by atoms with E-state index in [4.69, 9.17) is 25.0 Å². The number of nitrogens with two attached hydrogens (primary N) is 1. The second kappa shape index (κ2) is 10.6. The maximum absolute atomic E-state index is 15.3. The van der Waals surface area contributed by atoms with E-state index in [1.54, 1.807) is 12.3 Å². The number of nitrogens with zero attached hydrogens (tertiary/aromatic N) is 4. The summed E-state index contributed by atoms with van der Waals surface area (Å²) in [7, 11) is 0. The second-order valence-corrected chi connectivity index (χ2v) is 10.9. The molecule has 3 fully saturated rings. The van der Waals surface area contributed by atoms with Gasteiger partial charge in [-0.1, -0.05) is 0 Å². The summed E-state index contributed by atoms with van der Waals surface area (Å²) in [6.07, 6.45) is 5.29. The van der Waals surface area contributed by atoms with Crippen LogP contribution in [0.2, 0.25) is 0 Å². The van der Waals surface area contributed by atoms with Crippen LogP contribution in [-0.2, 0) is 9.47 Å². The molecule has 0 spiro atoms. The third kappa shape index (κ3) is 4.84. The number of imidazole rings is 1. The van der Waals surface area contributed by atoms with E-state index in [2.05, 4.69) is 25.4 Å². The number of halogens is 1. The Hall–Kier alpha value is -2.90. The summed E-state index contributed by atoms with van der Waals surface area (Å²) < 4.78 is 34.4. The molecular weight excluding hydrogens is 503 g/mol. The minimum atomic E-state index is -0.493. The van der Waals surface area contributed by atoms with Gasteiger partial charge in [-0.15, -0.1) is 0 Å². The monoisotopic (exact) mass is 540 g/mol. The van der Waals surface area contributed by atoms with Crippen molar-refractivity contribution < 1.29 is 18.6 Å². The van der Waals surface area contributed by atoms with Crippen LogP contribution < -0.4 is 21.2 Å². The SMILES string of the molecule is Nn1ccc2c(C3Nc4[nH]c(OC5CCN(C6CCOCC6)CC5)nc4C(N4CCOCC4)N3)c(F)ccc21. The Morgan fingerprint density at radius 3 is 2.51 bits per heavy atom. The van der Waals surface area contributed by atoms with Crippen molar-refractivity contribution in [3.05, 3.63) is 41.5 Å². The molecule has 5 N–H and O–H groups in total. The number of likely N-dealkylation sites (tertiary alicyclic amines) is 1. The van der Waals surface area contributed by atoms with E-state index in [0.717, 1.165) is 87.5 Å². The van der Waals surface area contributed by atoms with Gasteiger partial charge in [0.1, 0.15) is 35.8 Å². The van der Waals surface area contributed by atoms with Crippen LogP contribution in [0.15, 0.2) is 24.4 Å². The number of hydrogen-bond acceptors (Lipinski definition) is 9. The zero-order valence-corrected chi connectivity index (χ0v) is 22.1. The van der Waals surface area contributed by atoms with Gasteiger partial charge in [0.05, 0.1) is 18.7 Å². The normalized spacial score (nSPS) is 26.0. The molecule has 0 amide bonds. The predicted molar refractivity (Wildman–Crippen MR) is 144 cm³/mol. The van der Waals surface area contributed by atoms with E-state index in [0.29, 0.717) is 30.8 Å². The van der Waals surface area contributed by atoms with Crippen LogP contribution in [0.4, 0.5) is 10.2 Å². The molecule has 210 valence electrons. The van der Waals surface area contributed by atoms with Gasteiger partial charge in [-0.2, -0.15) is 4.98 Å². The maximum atomic E-state index is 15.3. The predicted octanol–water partition coefficient (Wildman–Crippen LogP) is 2.28. The number of hydrogen-bond donors (Lipinski definition) is 4. The highest BCUT2D eigenvalue weighted by Gasteiger charge is 2.37. The molecule has 2 atom stereocenters. The fraction of sp³-hybridized carbons (Fsp3) is 0.593. The molecule has 6 heterocycles. The van der Waals surface area contributed by atoms with E-state index in [-0.39, 0.29) is 18.1 Å². The molecule has 11 nitrogen and oxygen atoms in total. The Morgan fingerprint density at radius 2 is 1.72 bits per heavy atom. The highest BCUT2D eigenvalue weighted by Crippen LogP contribution is 2.38. The number of aromatic nitrogens is 3. The Morgan fingerprint density at radius 1 is 0.949 bits per heavy atom. The minimum Gasteiger partial charge on any atom is -0.461 e. The largest absolute Gasteiger partial charge is 0.461 e. The molecule has 12 heteroatoms. The molecular formula is C27H37FN8O3. The first-order chi connectivity index (χ1) is 19.1. The molecule has 3 saturated heterocycles. The molecule has 2 aromatic heterocycles. The number of anilines is 1. The average molecular weight is 541 g/mol. The van der Waals surface area contributed by atoms with Crippen LogP contribution in [0.5, 0.6) is 6.01 Å². The standard InChI is InChI=1S/C27H37FN8O3/c28-20-1-2-21-19(5-10-36(21)29)22(20)24-31-25-23(26(32-24)35-11-15-38-16-12-35)30-27(33-25)39-18-3-8-34(9-4-18)17-6-13-37-14-7-17/h1-2,5,10,17-18,24,26,31-32H,3-4,6-9,11-16,29H2,(H,30,33). The molecule has 3 aromatic rings. The molecule has 4 aliphatic rings. The van der Waals surface area contributed by atoms with E-state index in [9.17, 15) is 0 Å².